The average molecular weight is 235 g/mol. The molecule has 0 bridgehead atoms. The topological polar surface area (TPSA) is 40.5 Å². The Morgan fingerprint density at radius 1 is 1.29 bits per heavy atom. The maximum atomic E-state index is 10.7. The molecule has 0 amide bonds. The molecular weight excluding hydrogens is 214 g/mol. The molecule has 0 aliphatic heterocycles. The summed E-state index contributed by atoms with van der Waals surface area (Å²) in [5, 5.41) is 8.82. The fraction of sp³-hybridized carbons (Fsp3) is 0.500. The number of carbonyl (C=O) groups is 1. The first-order valence-electron chi connectivity index (χ1n) is 6.00. The molecule has 1 aromatic carbocycles. The van der Waals surface area contributed by atoms with Crippen LogP contribution in [0.5, 0.6) is 0 Å². The van der Waals surface area contributed by atoms with Crippen molar-refractivity contribution in [1.82, 2.24) is 4.90 Å². The summed E-state index contributed by atoms with van der Waals surface area (Å²) in [6.07, 6.45) is 0.895. The highest BCUT2D eigenvalue weighted by molar-refractivity contribution is 5.69. The Labute approximate surface area is 103 Å². The minimum atomic E-state index is -0.761. The van der Waals surface area contributed by atoms with Gasteiger partial charge in [-0.05, 0) is 32.8 Å². The van der Waals surface area contributed by atoms with Crippen molar-refractivity contribution in [2.24, 2.45) is 0 Å². The van der Waals surface area contributed by atoms with Crippen LogP contribution in [0.1, 0.15) is 25.0 Å². The Morgan fingerprint density at radius 3 is 2.35 bits per heavy atom. The van der Waals surface area contributed by atoms with Crippen molar-refractivity contribution >= 4 is 5.97 Å². The largest absolute Gasteiger partial charge is 0.480 e. The summed E-state index contributed by atoms with van der Waals surface area (Å²) in [6.45, 7) is 7.02. The van der Waals surface area contributed by atoms with Crippen LogP contribution in [0.25, 0.3) is 0 Å². The summed E-state index contributed by atoms with van der Waals surface area (Å²) in [6, 6.07) is 8.65. The quantitative estimate of drug-likeness (QED) is 0.822. The smallest absolute Gasteiger partial charge is 0.317 e. The van der Waals surface area contributed by atoms with Crippen LogP contribution >= 0.6 is 0 Å². The molecular formula is C14H21NO2. The summed E-state index contributed by atoms with van der Waals surface area (Å²) in [5.41, 5.74) is 2.51. The van der Waals surface area contributed by atoms with Gasteiger partial charge in [0.25, 0.3) is 0 Å². The average Bonchev–Trinajstić information content (AvgIpc) is 2.25. The number of benzene rings is 1. The third kappa shape index (κ3) is 5.00. The van der Waals surface area contributed by atoms with Crippen LogP contribution in [0.2, 0.25) is 0 Å². The fourth-order valence-electron chi connectivity index (χ4n) is 1.72. The van der Waals surface area contributed by atoms with Gasteiger partial charge in [0.2, 0.25) is 0 Å². The number of nitrogens with zero attached hydrogens (tertiary/aromatic N) is 1. The molecule has 1 aromatic rings. The van der Waals surface area contributed by atoms with E-state index in [0.717, 1.165) is 13.0 Å². The van der Waals surface area contributed by atoms with E-state index in [0.29, 0.717) is 0 Å². The molecule has 0 saturated carbocycles. The predicted molar refractivity (Wildman–Crippen MR) is 69.2 cm³/mol. The normalized spacial score (nSPS) is 11.1. The molecule has 0 saturated heterocycles. The van der Waals surface area contributed by atoms with Crippen molar-refractivity contribution in [2.45, 2.75) is 33.2 Å². The van der Waals surface area contributed by atoms with Crippen LogP contribution in [0.4, 0.5) is 0 Å². The summed E-state index contributed by atoms with van der Waals surface area (Å²) < 4.78 is 0. The van der Waals surface area contributed by atoms with Gasteiger partial charge in [-0.15, -0.1) is 0 Å². The maximum absolute atomic E-state index is 10.7. The van der Waals surface area contributed by atoms with Gasteiger partial charge in [0.1, 0.15) is 0 Å². The van der Waals surface area contributed by atoms with E-state index in [-0.39, 0.29) is 12.6 Å². The highest BCUT2D eigenvalue weighted by Crippen LogP contribution is 2.06. The highest BCUT2D eigenvalue weighted by atomic mass is 16.4. The van der Waals surface area contributed by atoms with Gasteiger partial charge in [-0.2, -0.15) is 0 Å². The van der Waals surface area contributed by atoms with Crippen molar-refractivity contribution in [3.63, 3.8) is 0 Å². The molecule has 17 heavy (non-hydrogen) atoms. The van der Waals surface area contributed by atoms with Gasteiger partial charge in [-0.3, -0.25) is 9.69 Å². The molecule has 0 fully saturated rings. The minimum Gasteiger partial charge on any atom is -0.480 e. The molecule has 1 rings (SSSR count). The Kier molecular flexibility index (Phi) is 5.16. The Balaban J connectivity index is 2.51. The fourth-order valence-corrected chi connectivity index (χ4v) is 1.72. The van der Waals surface area contributed by atoms with Crippen LogP contribution in [-0.4, -0.2) is 35.1 Å². The summed E-state index contributed by atoms with van der Waals surface area (Å²) >= 11 is 0. The molecule has 0 aliphatic rings. The number of hydrogen-bond donors (Lipinski definition) is 1. The van der Waals surface area contributed by atoms with Crippen molar-refractivity contribution in [1.29, 1.82) is 0 Å². The lowest BCUT2D eigenvalue weighted by molar-refractivity contribution is -0.138. The first-order valence-corrected chi connectivity index (χ1v) is 6.00. The van der Waals surface area contributed by atoms with Gasteiger partial charge in [-0.1, -0.05) is 29.8 Å². The van der Waals surface area contributed by atoms with Crippen LogP contribution in [0.3, 0.4) is 0 Å². The zero-order chi connectivity index (χ0) is 12.8. The van der Waals surface area contributed by atoms with Crippen LogP contribution in [0, 0.1) is 6.92 Å². The summed E-state index contributed by atoms with van der Waals surface area (Å²) in [7, 11) is 0. The zero-order valence-corrected chi connectivity index (χ0v) is 10.8. The molecule has 0 spiro atoms. The van der Waals surface area contributed by atoms with E-state index < -0.39 is 5.97 Å². The van der Waals surface area contributed by atoms with Crippen molar-refractivity contribution in [2.75, 3.05) is 13.1 Å². The molecule has 0 unspecified atom stereocenters. The Morgan fingerprint density at radius 2 is 1.88 bits per heavy atom. The standard InChI is InChI=1S/C14H21NO2/c1-11(2)15(10-14(16)17)9-8-13-6-4-12(3)5-7-13/h4-7,11H,8-10H2,1-3H3,(H,16,17). The van der Waals surface area contributed by atoms with E-state index in [9.17, 15) is 4.79 Å². The van der Waals surface area contributed by atoms with Gasteiger partial charge in [0, 0.05) is 12.6 Å². The SMILES string of the molecule is Cc1ccc(CCN(CC(=O)O)C(C)C)cc1. The second kappa shape index (κ2) is 6.40. The van der Waals surface area contributed by atoms with Crippen LogP contribution < -0.4 is 0 Å². The van der Waals surface area contributed by atoms with Crippen LogP contribution in [-0.2, 0) is 11.2 Å². The number of carboxylic acids is 1. The second-order valence-corrected chi connectivity index (χ2v) is 4.69. The maximum Gasteiger partial charge on any atom is 0.317 e. The number of hydrogen-bond acceptors (Lipinski definition) is 2. The molecule has 0 aliphatic carbocycles. The van der Waals surface area contributed by atoms with Gasteiger partial charge >= 0.3 is 5.97 Å². The van der Waals surface area contributed by atoms with E-state index in [1.165, 1.54) is 11.1 Å². The lowest BCUT2D eigenvalue weighted by atomic mass is 10.1. The van der Waals surface area contributed by atoms with E-state index in [1.54, 1.807) is 0 Å². The number of aryl methyl sites for hydroxylation is 1. The Bertz CT molecular complexity index is 357. The second-order valence-electron chi connectivity index (χ2n) is 4.69. The van der Waals surface area contributed by atoms with Gasteiger partial charge in [0.05, 0.1) is 6.54 Å². The van der Waals surface area contributed by atoms with E-state index in [2.05, 4.69) is 31.2 Å². The van der Waals surface area contributed by atoms with Crippen LogP contribution in [0.15, 0.2) is 24.3 Å². The monoisotopic (exact) mass is 235 g/mol. The summed E-state index contributed by atoms with van der Waals surface area (Å²) in [4.78, 5) is 12.7. The highest BCUT2D eigenvalue weighted by Gasteiger charge is 2.12. The first-order chi connectivity index (χ1) is 7.99. The lowest BCUT2D eigenvalue weighted by Crippen LogP contribution is -2.37. The minimum absolute atomic E-state index is 0.115. The third-order valence-electron chi connectivity index (χ3n) is 2.88. The van der Waals surface area contributed by atoms with Gasteiger partial charge in [-0.25, -0.2) is 0 Å². The molecule has 0 atom stereocenters. The molecule has 3 heteroatoms. The predicted octanol–water partition coefficient (Wildman–Crippen LogP) is 2.33. The number of carboxylic acid groups (broad SMARTS) is 1. The first kappa shape index (κ1) is 13.7. The van der Waals surface area contributed by atoms with E-state index in [4.69, 9.17) is 5.11 Å². The number of aliphatic carboxylic acids is 1. The van der Waals surface area contributed by atoms with E-state index >= 15 is 0 Å². The number of rotatable bonds is 6. The third-order valence-corrected chi connectivity index (χ3v) is 2.88. The molecule has 94 valence electrons. The molecule has 0 heterocycles. The molecule has 0 radical (unpaired) electrons. The van der Waals surface area contributed by atoms with Gasteiger partial charge in [0.15, 0.2) is 0 Å². The van der Waals surface area contributed by atoms with Gasteiger partial charge < -0.3 is 5.11 Å². The van der Waals surface area contributed by atoms with Crippen molar-refractivity contribution in [3.8, 4) is 0 Å². The lowest BCUT2D eigenvalue weighted by Gasteiger charge is -2.24. The molecule has 3 nitrogen and oxygen atoms in total. The summed E-state index contributed by atoms with van der Waals surface area (Å²) in [5.74, 6) is -0.761. The van der Waals surface area contributed by atoms with Crippen molar-refractivity contribution < 1.29 is 9.90 Å². The molecule has 1 N–H and O–H groups in total. The molecule has 0 aromatic heterocycles. The van der Waals surface area contributed by atoms with Crippen molar-refractivity contribution in [3.05, 3.63) is 35.4 Å². The Hall–Kier alpha value is -1.35. The zero-order valence-electron chi connectivity index (χ0n) is 10.8. The van der Waals surface area contributed by atoms with E-state index in [1.807, 2.05) is 18.7 Å².